The Hall–Kier alpha value is -2.08. The molecule has 1 fully saturated rings. The summed E-state index contributed by atoms with van der Waals surface area (Å²) in [5.74, 6) is -0.333. The number of nitrogens with zero attached hydrogens (tertiary/aromatic N) is 1. The van der Waals surface area contributed by atoms with Crippen LogP contribution in [0.1, 0.15) is 18.5 Å². The molecule has 1 atom stereocenters. The molecule has 0 bridgehead atoms. The van der Waals surface area contributed by atoms with Gasteiger partial charge in [-0.1, -0.05) is 12.1 Å². The Kier molecular flexibility index (Phi) is 5.16. The van der Waals surface area contributed by atoms with Crippen LogP contribution in [0.2, 0.25) is 0 Å². The van der Waals surface area contributed by atoms with Gasteiger partial charge in [-0.05, 0) is 24.6 Å². The standard InChI is InChI=1S/C15H20N2O4/c1-11(12-3-5-13(20-2)6-4-12)16-14(18)15(19)17-7-9-21-10-8-17/h3-6,11H,7-10H2,1-2H3,(H,16,18). The molecule has 1 heterocycles. The summed E-state index contributed by atoms with van der Waals surface area (Å²) in [6, 6.07) is 7.13. The van der Waals surface area contributed by atoms with Gasteiger partial charge in [-0.2, -0.15) is 0 Å². The first-order chi connectivity index (χ1) is 10.1. The highest BCUT2D eigenvalue weighted by atomic mass is 16.5. The number of carbonyl (C=O) groups excluding carboxylic acids is 2. The topological polar surface area (TPSA) is 67.9 Å². The number of methoxy groups -OCH3 is 1. The summed E-state index contributed by atoms with van der Waals surface area (Å²) < 4.78 is 10.3. The van der Waals surface area contributed by atoms with Gasteiger partial charge in [0.2, 0.25) is 0 Å². The number of benzene rings is 1. The minimum absolute atomic E-state index is 0.242. The number of hydrogen-bond donors (Lipinski definition) is 1. The van der Waals surface area contributed by atoms with Gasteiger partial charge in [-0.15, -0.1) is 0 Å². The predicted octanol–water partition coefficient (Wildman–Crippen LogP) is 0.731. The minimum atomic E-state index is -0.583. The van der Waals surface area contributed by atoms with Gasteiger partial charge in [0.25, 0.3) is 0 Å². The Bertz CT molecular complexity index is 495. The number of rotatable bonds is 3. The Morgan fingerprint density at radius 1 is 1.24 bits per heavy atom. The number of morpholine rings is 1. The summed E-state index contributed by atoms with van der Waals surface area (Å²) in [7, 11) is 1.60. The van der Waals surface area contributed by atoms with Gasteiger partial charge in [0.1, 0.15) is 5.75 Å². The SMILES string of the molecule is COc1ccc(C(C)NC(=O)C(=O)N2CCOCC2)cc1. The molecule has 1 aliphatic heterocycles. The van der Waals surface area contributed by atoms with Gasteiger partial charge in [-0.25, -0.2) is 0 Å². The van der Waals surface area contributed by atoms with E-state index in [-0.39, 0.29) is 6.04 Å². The van der Waals surface area contributed by atoms with E-state index in [1.54, 1.807) is 7.11 Å². The molecule has 6 nitrogen and oxygen atoms in total. The van der Waals surface area contributed by atoms with Crippen molar-refractivity contribution in [2.24, 2.45) is 0 Å². The van der Waals surface area contributed by atoms with E-state index in [0.717, 1.165) is 11.3 Å². The molecule has 0 aromatic heterocycles. The molecular formula is C15H20N2O4. The molecule has 114 valence electrons. The summed E-state index contributed by atoms with van der Waals surface area (Å²) >= 11 is 0. The van der Waals surface area contributed by atoms with Crippen LogP contribution in [-0.4, -0.2) is 50.1 Å². The minimum Gasteiger partial charge on any atom is -0.497 e. The zero-order valence-corrected chi connectivity index (χ0v) is 12.3. The quantitative estimate of drug-likeness (QED) is 0.834. The molecule has 2 rings (SSSR count). The molecule has 1 aliphatic rings. The van der Waals surface area contributed by atoms with Crippen LogP contribution < -0.4 is 10.1 Å². The second-order valence-corrected chi connectivity index (χ2v) is 4.87. The molecular weight excluding hydrogens is 272 g/mol. The Morgan fingerprint density at radius 3 is 2.43 bits per heavy atom. The van der Waals surface area contributed by atoms with Gasteiger partial charge in [-0.3, -0.25) is 9.59 Å². The number of ether oxygens (including phenoxy) is 2. The average molecular weight is 292 g/mol. The van der Waals surface area contributed by atoms with E-state index in [2.05, 4.69) is 5.32 Å². The predicted molar refractivity (Wildman–Crippen MR) is 77.0 cm³/mol. The highest BCUT2D eigenvalue weighted by Gasteiger charge is 2.24. The second kappa shape index (κ2) is 7.08. The van der Waals surface area contributed by atoms with E-state index in [1.807, 2.05) is 31.2 Å². The molecule has 6 heteroatoms. The van der Waals surface area contributed by atoms with Crippen molar-refractivity contribution in [2.75, 3.05) is 33.4 Å². The molecule has 1 aromatic rings. The van der Waals surface area contributed by atoms with E-state index in [0.29, 0.717) is 26.3 Å². The van der Waals surface area contributed by atoms with Crippen LogP contribution in [0.3, 0.4) is 0 Å². The smallest absolute Gasteiger partial charge is 0.312 e. The number of nitrogens with one attached hydrogen (secondary N) is 1. The van der Waals surface area contributed by atoms with Gasteiger partial charge >= 0.3 is 11.8 Å². The summed E-state index contributed by atoms with van der Waals surface area (Å²) in [5, 5.41) is 2.72. The van der Waals surface area contributed by atoms with Crippen molar-refractivity contribution in [3.8, 4) is 5.75 Å². The van der Waals surface area contributed by atoms with E-state index in [9.17, 15) is 9.59 Å². The zero-order valence-electron chi connectivity index (χ0n) is 12.3. The number of hydrogen-bond acceptors (Lipinski definition) is 4. The molecule has 0 saturated carbocycles. The normalized spacial score (nSPS) is 16.2. The average Bonchev–Trinajstić information content (AvgIpc) is 2.55. The van der Waals surface area contributed by atoms with E-state index >= 15 is 0 Å². The lowest BCUT2D eigenvalue weighted by molar-refractivity contribution is -0.148. The maximum absolute atomic E-state index is 12.0. The lowest BCUT2D eigenvalue weighted by atomic mass is 10.1. The monoisotopic (exact) mass is 292 g/mol. The van der Waals surface area contributed by atoms with Crippen molar-refractivity contribution in [1.29, 1.82) is 0 Å². The van der Waals surface area contributed by atoms with Crippen LogP contribution in [0.5, 0.6) is 5.75 Å². The third-order valence-corrected chi connectivity index (χ3v) is 3.46. The highest BCUT2D eigenvalue weighted by molar-refractivity contribution is 6.35. The van der Waals surface area contributed by atoms with E-state index < -0.39 is 11.8 Å². The molecule has 21 heavy (non-hydrogen) atoms. The summed E-state index contributed by atoms with van der Waals surface area (Å²) in [4.78, 5) is 25.5. The van der Waals surface area contributed by atoms with Crippen molar-refractivity contribution < 1.29 is 19.1 Å². The van der Waals surface area contributed by atoms with Crippen molar-refractivity contribution in [2.45, 2.75) is 13.0 Å². The number of carbonyl (C=O) groups is 2. The maximum atomic E-state index is 12.0. The summed E-state index contributed by atoms with van der Waals surface area (Å²) in [6.45, 7) is 3.72. The number of amides is 2. The largest absolute Gasteiger partial charge is 0.497 e. The van der Waals surface area contributed by atoms with Gasteiger partial charge in [0, 0.05) is 13.1 Å². The molecule has 0 radical (unpaired) electrons. The van der Waals surface area contributed by atoms with Crippen molar-refractivity contribution >= 4 is 11.8 Å². The lowest BCUT2D eigenvalue weighted by Crippen LogP contribution is -2.48. The van der Waals surface area contributed by atoms with Crippen LogP contribution in [-0.2, 0) is 14.3 Å². The Balaban J connectivity index is 1.92. The summed E-state index contributed by atoms with van der Waals surface area (Å²) in [6.07, 6.45) is 0. The van der Waals surface area contributed by atoms with Gasteiger partial charge < -0.3 is 19.7 Å². The first-order valence-corrected chi connectivity index (χ1v) is 6.93. The molecule has 1 aromatic carbocycles. The van der Waals surface area contributed by atoms with Gasteiger partial charge in [0.15, 0.2) is 0 Å². The molecule has 1 saturated heterocycles. The fourth-order valence-electron chi connectivity index (χ4n) is 2.14. The molecule has 0 aliphatic carbocycles. The molecule has 1 unspecified atom stereocenters. The second-order valence-electron chi connectivity index (χ2n) is 4.87. The van der Waals surface area contributed by atoms with Crippen LogP contribution in [0.15, 0.2) is 24.3 Å². The van der Waals surface area contributed by atoms with Crippen LogP contribution >= 0.6 is 0 Å². The maximum Gasteiger partial charge on any atom is 0.312 e. The van der Waals surface area contributed by atoms with Crippen LogP contribution in [0, 0.1) is 0 Å². The fraction of sp³-hybridized carbons (Fsp3) is 0.467. The van der Waals surface area contributed by atoms with Crippen LogP contribution in [0.4, 0.5) is 0 Å². The van der Waals surface area contributed by atoms with Crippen LogP contribution in [0.25, 0.3) is 0 Å². The zero-order chi connectivity index (χ0) is 15.2. The third kappa shape index (κ3) is 3.95. The Labute approximate surface area is 124 Å². The first-order valence-electron chi connectivity index (χ1n) is 6.93. The van der Waals surface area contributed by atoms with Crippen molar-refractivity contribution in [3.63, 3.8) is 0 Å². The first kappa shape index (κ1) is 15.3. The van der Waals surface area contributed by atoms with E-state index in [4.69, 9.17) is 9.47 Å². The highest BCUT2D eigenvalue weighted by Crippen LogP contribution is 2.17. The molecule has 0 spiro atoms. The summed E-state index contributed by atoms with van der Waals surface area (Å²) in [5.41, 5.74) is 0.916. The molecule has 1 N–H and O–H groups in total. The Morgan fingerprint density at radius 2 is 1.86 bits per heavy atom. The third-order valence-electron chi connectivity index (χ3n) is 3.46. The van der Waals surface area contributed by atoms with Crippen molar-refractivity contribution in [1.82, 2.24) is 10.2 Å². The molecule has 2 amide bonds. The van der Waals surface area contributed by atoms with Gasteiger partial charge in [0.05, 0.1) is 26.4 Å². The fourth-order valence-corrected chi connectivity index (χ4v) is 2.14. The van der Waals surface area contributed by atoms with Crippen molar-refractivity contribution in [3.05, 3.63) is 29.8 Å². The van der Waals surface area contributed by atoms with E-state index in [1.165, 1.54) is 4.90 Å². The lowest BCUT2D eigenvalue weighted by Gasteiger charge is -2.26.